The minimum Gasteiger partial charge on any atom is -0.389 e. The number of hydrogen-bond donors (Lipinski definition) is 1. The number of sulfonamides is 1. The topological polar surface area (TPSA) is 57.6 Å². The Hall–Kier alpha value is 0.0500. The van der Waals surface area contributed by atoms with Crippen molar-refractivity contribution in [1.29, 1.82) is 0 Å². The maximum absolute atomic E-state index is 12.3. The first-order chi connectivity index (χ1) is 7.68. The third-order valence-electron chi connectivity index (χ3n) is 2.07. The van der Waals surface area contributed by atoms with Crippen molar-refractivity contribution in [3.63, 3.8) is 0 Å². The van der Waals surface area contributed by atoms with Crippen LogP contribution in [0, 0.1) is 0 Å². The molecule has 0 saturated carbocycles. The smallest absolute Gasteiger partial charge is 0.253 e. The van der Waals surface area contributed by atoms with Gasteiger partial charge in [-0.1, -0.05) is 6.92 Å². The lowest BCUT2D eigenvalue weighted by atomic mass is 10.1. The Balaban J connectivity index is 3.08. The first kappa shape index (κ1) is 15.1. The van der Waals surface area contributed by atoms with Gasteiger partial charge in [0.15, 0.2) is 0 Å². The van der Waals surface area contributed by atoms with Gasteiger partial charge in [-0.15, -0.1) is 11.3 Å². The second-order valence-corrected chi connectivity index (χ2v) is 8.20. The van der Waals surface area contributed by atoms with E-state index < -0.39 is 15.6 Å². The van der Waals surface area contributed by atoms with Crippen molar-refractivity contribution in [3.05, 3.63) is 15.9 Å². The molecular formula is C10H16BrNO3S2. The fourth-order valence-electron chi connectivity index (χ4n) is 1.38. The van der Waals surface area contributed by atoms with Gasteiger partial charge < -0.3 is 5.11 Å². The number of rotatable bonds is 5. The second-order valence-electron chi connectivity index (χ2n) is 4.30. The molecule has 0 bridgehead atoms. The lowest BCUT2D eigenvalue weighted by Crippen LogP contribution is -2.41. The van der Waals surface area contributed by atoms with Crippen molar-refractivity contribution in [2.45, 2.75) is 30.6 Å². The van der Waals surface area contributed by atoms with E-state index >= 15 is 0 Å². The van der Waals surface area contributed by atoms with E-state index in [-0.39, 0.29) is 10.8 Å². The third kappa shape index (κ3) is 3.75. The summed E-state index contributed by atoms with van der Waals surface area (Å²) in [6.07, 6.45) is 0. The maximum atomic E-state index is 12.3. The maximum Gasteiger partial charge on any atom is 0.253 e. The SMILES string of the molecule is CCN(CC(C)(C)O)S(=O)(=O)c1sccc1Br. The van der Waals surface area contributed by atoms with Gasteiger partial charge in [-0.2, -0.15) is 4.31 Å². The number of halogens is 1. The quantitative estimate of drug-likeness (QED) is 0.893. The van der Waals surface area contributed by atoms with E-state index in [0.717, 1.165) is 0 Å². The molecule has 0 aliphatic rings. The molecule has 1 rings (SSSR count). The molecule has 0 atom stereocenters. The zero-order chi connectivity index (χ0) is 13.3. The van der Waals surface area contributed by atoms with Gasteiger partial charge in [0, 0.05) is 17.6 Å². The third-order valence-corrected chi connectivity index (χ3v) is 6.64. The molecule has 17 heavy (non-hydrogen) atoms. The van der Waals surface area contributed by atoms with E-state index in [1.165, 1.54) is 15.6 Å². The van der Waals surface area contributed by atoms with Crippen molar-refractivity contribution < 1.29 is 13.5 Å². The second kappa shape index (κ2) is 5.36. The highest BCUT2D eigenvalue weighted by Gasteiger charge is 2.30. The average molecular weight is 342 g/mol. The monoisotopic (exact) mass is 341 g/mol. The predicted octanol–water partition coefficient (Wildman–Crippen LogP) is 2.29. The van der Waals surface area contributed by atoms with E-state index in [2.05, 4.69) is 15.9 Å². The highest BCUT2D eigenvalue weighted by atomic mass is 79.9. The van der Waals surface area contributed by atoms with Crippen LogP contribution in [0.5, 0.6) is 0 Å². The zero-order valence-electron chi connectivity index (χ0n) is 9.97. The molecule has 0 unspecified atom stereocenters. The largest absolute Gasteiger partial charge is 0.389 e. The van der Waals surface area contributed by atoms with Crippen molar-refractivity contribution in [2.75, 3.05) is 13.1 Å². The summed E-state index contributed by atoms with van der Waals surface area (Å²) in [5.41, 5.74) is -1.05. The fraction of sp³-hybridized carbons (Fsp3) is 0.600. The van der Waals surface area contributed by atoms with E-state index in [1.54, 1.807) is 32.2 Å². The number of nitrogens with zero attached hydrogens (tertiary/aromatic N) is 1. The van der Waals surface area contributed by atoms with Crippen LogP contribution in [0.2, 0.25) is 0 Å². The molecule has 1 N–H and O–H groups in total. The van der Waals surface area contributed by atoms with Crippen LogP contribution < -0.4 is 0 Å². The summed E-state index contributed by atoms with van der Waals surface area (Å²) in [4.78, 5) is 0. The molecule has 98 valence electrons. The Morgan fingerprint density at radius 3 is 2.47 bits per heavy atom. The van der Waals surface area contributed by atoms with E-state index in [9.17, 15) is 13.5 Å². The average Bonchev–Trinajstić information content (AvgIpc) is 2.59. The Bertz CT molecular complexity index is 476. The molecular weight excluding hydrogens is 326 g/mol. The van der Waals surface area contributed by atoms with Crippen molar-refractivity contribution in [2.24, 2.45) is 0 Å². The van der Waals surface area contributed by atoms with E-state index in [0.29, 0.717) is 11.0 Å². The molecule has 4 nitrogen and oxygen atoms in total. The molecule has 0 aromatic carbocycles. The summed E-state index contributed by atoms with van der Waals surface area (Å²) >= 11 is 4.39. The molecule has 7 heteroatoms. The highest BCUT2D eigenvalue weighted by molar-refractivity contribution is 9.10. The minimum atomic E-state index is -3.53. The fourth-order valence-corrected chi connectivity index (χ4v) is 5.43. The first-order valence-corrected chi connectivity index (χ1v) is 8.25. The van der Waals surface area contributed by atoms with Gasteiger partial charge in [0.05, 0.1) is 5.60 Å². The van der Waals surface area contributed by atoms with Crippen LogP contribution in [0.15, 0.2) is 20.1 Å². The Kier molecular flexibility index (Phi) is 4.76. The van der Waals surface area contributed by atoms with Crippen molar-refractivity contribution in [3.8, 4) is 0 Å². The molecule has 0 radical (unpaired) electrons. The van der Waals surface area contributed by atoms with Crippen LogP contribution in [0.25, 0.3) is 0 Å². The standard InChI is InChI=1S/C10H16BrNO3S2/c1-4-12(7-10(2,3)13)17(14,15)9-8(11)5-6-16-9/h5-6,13H,4,7H2,1-3H3. The summed E-state index contributed by atoms with van der Waals surface area (Å²) in [5, 5.41) is 11.5. The molecule has 0 saturated heterocycles. The van der Waals surface area contributed by atoms with Gasteiger partial charge in [0.1, 0.15) is 4.21 Å². The Morgan fingerprint density at radius 2 is 2.12 bits per heavy atom. The number of hydrogen-bond acceptors (Lipinski definition) is 4. The summed E-state index contributed by atoms with van der Waals surface area (Å²) in [6, 6.07) is 1.70. The van der Waals surface area contributed by atoms with Gasteiger partial charge in [-0.05, 0) is 41.2 Å². The van der Waals surface area contributed by atoms with Crippen LogP contribution in [0.4, 0.5) is 0 Å². The Morgan fingerprint density at radius 1 is 1.53 bits per heavy atom. The first-order valence-electron chi connectivity index (χ1n) is 5.14. The van der Waals surface area contributed by atoms with Crippen molar-refractivity contribution in [1.82, 2.24) is 4.31 Å². The van der Waals surface area contributed by atoms with Crippen LogP contribution in [-0.4, -0.2) is 36.5 Å². The molecule has 1 aromatic heterocycles. The Labute approximate surface area is 114 Å². The molecule has 0 fully saturated rings. The van der Waals surface area contributed by atoms with Crippen LogP contribution in [-0.2, 0) is 10.0 Å². The van der Waals surface area contributed by atoms with E-state index in [1.807, 2.05) is 0 Å². The highest BCUT2D eigenvalue weighted by Crippen LogP contribution is 2.30. The van der Waals surface area contributed by atoms with Gasteiger partial charge in [0.25, 0.3) is 10.0 Å². The predicted molar refractivity (Wildman–Crippen MR) is 72.7 cm³/mol. The van der Waals surface area contributed by atoms with Crippen LogP contribution >= 0.6 is 27.3 Å². The molecule has 1 heterocycles. The summed E-state index contributed by atoms with van der Waals surface area (Å²) in [5.74, 6) is 0. The minimum absolute atomic E-state index is 0.0795. The van der Waals surface area contributed by atoms with Gasteiger partial charge in [0.2, 0.25) is 0 Å². The van der Waals surface area contributed by atoms with Crippen LogP contribution in [0.3, 0.4) is 0 Å². The molecule has 0 aliphatic carbocycles. The van der Waals surface area contributed by atoms with E-state index in [4.69, 9.17) is 0 Å². The lowest BCUT2D eigenvalue weighted by Gasteiger charge is -2.27. The normalized spacial score (nSPS) is 13.3. The van der Waals surface area contributed by atoms with Crippen LogP contribution in [0.1, 0.15) is 20.8 Å². The molecule has 0 spiro atoms. The summed E-state index contributed by atoms with van der Waals surface area (Å²) in [7, 11) is -3.53. The van der Waals surface area contributed by atoms with Crippen molar-refractivity contribution >= 4 is 37.3 Å². The molecule has 1 aromatic rings. The molecule has 0 aliphatic heterocycles. The number of aliphatic hydroxyl groups is 1. The summed E-state index contributed by atoms with van der Waals surface area (Å²) in [6.45, 7) is 5.35. The number of likely N-dealkylation sites (N-methyl/N-ethyl adjacent to an activating group) is 1. The van der Waals surface area contributed by atoms with Gasteiger partial charge >= 0.3 is 0 Å². The molecule has 0 amide bonds. The number of thiophene rings is 1. The summed E-state index contributed by atoms with van der Waals surface area (Å²) < 4.78 is 26.8. The zero-order valence-corrected chi connectivity index (χ0v) is 13.2. The van der Waals surface area contributed by atoms with Gasteiger partial charge in [-0.3, -0.25) is 0 Å². The lowest BCUT2D eigenvalue weighted by molar-refractivity contribution is 0.0602. The van der Waals surface area contributed by atoms with Gasteiger partial charge in [-0.25, -0.2) is 8.42 Å².